The molecule has 2 nitrogen and oxygen atoms in total. The molecule has 16 heavy (non-hydrogen) atoms. The molecule has 92 valence electrons. The molecule has 0 aromatic rings. The van der Waals surface area contributed by atoms with Crippen molar-refractivity contribution in [2.24, 2.45) is 5.92 Å². The van der Waals surface area contributed by atoms with Crippen molar-refractivity contribution in [2.75, 3.05) is 13.1 Å². The predicted molar refractivity (Wildman–Crippen MR) is 66.5 cm³/mol. The largest absolute Gasteiger partial charge is 0.298 e. The lowest BCUT2D eigenvalue weighted by molar-refractivity contribution is -0.124. The van der Waals surface area contributed by atoms with E-state index in [-0.39, 0.29) is 6.04 Å². The van der Waals surface area contributed by atoms with Crippen molar-refractivity contribution in [3.05, 3.63) is 0 Å². The molecule has 1 unspecified atom stereocenters. The third kappa shape index (κ3) is 3.31. The topological polar surface area (TPSA) is 20.3 Å². The third-order valence-electron chi connectivity index (χ3n) is 3.91. The van der Waals surface area contributed by atoms with Crippen LogP contribution < -0.4 is 0 Å². The summed E-state index contributed by atoms with van der Waals surface area (Å²) in [5.74, 6) is 1.43. The summed E-state index contributed by atoms with van der Waals surface area (Å²) >= 11 is 0. The van der Waals surface area contributed by atoms with Crippen LogP contribution in [0.1, 0.15) is 58.3 Å². The Hall–Kier alpha value is -0.370. The Kier molecular flexibility index (Phi) is 4.39. The number of Topliss-reactive ketones (excluding diaryl/α,β-unsaturated/α-hetero) is 1. The first-order chi connectivity index (χ1) is 7.81. The van der Waals surface area contributed by atoms with Gasteiger partial charge in [0.2, 0.25) is 0 Å². The number of ketones is 1. The molecule has 2 fully saturated rings. The fraction of sp³-hybridized carbons (Fsp3) is 0.929. The van der Waals surface area contributed by atoms with E-state index in [2.05, 4.69) is 11.8 Å². The summed E-state index contributed by atoms with van der Waals surface area (Å²) in [5.41, 5.74) is 0. The molecule has 2 saturated carbocycles. The van der Waals surface area contributed by atoms with E-state index in [9.17, 15) is 4.79 Å². The minimum Gasteiger partial charge on any atom is -0.298 e. The molecule has 2 aliphatic carbocycles. The van der Waals surface area contributed by atoms with Crippen LogP contribution in [0.15, 0.2) is 0 Å². The number of rotatable bonds is 5. The Morgan fingerprint density at radius 2 is 2.00 bits per heavy atom. The van der Waals surface area contributed by atoms with Crippen LogP contribution in [0.25, 0.3) is 0 Å². The first-order valence-corrected chi connectivity index (χ1v) is 7.08. The van der Waals surface area contributed by atoms with Crippen molar-refractivity contribution in [2.45, 2.75) is 64.3 Å². The van der Waals surface area contributed by atoms with Gasteiger partial charge in [0.1, 0.15) is 5.78 Å². The molecular weight excluding hydrogens is 198 g/mol. The summed E-state index contributed by atoms with van der Waals surface area (Å²) in [6.45, 7) is 4.53. The van der Waals surface area contributed by atoms with E-state index in [4.69, 9.17) is 0 Å². The number of carbonyl (C=O) groups excluding carboxylic acids is 1. The number of hydrogen-bond donors (Lipinski definition) is 0. The molecule has 2 aliphatic rings. The smallest absolute Gasteiger partial charge is 0.149 e. The summed E-state index contributed by atoms with van der Waals surface area (Å²) in [7, 11) is 0. The van der Waals surface area contributed by atoms with E-state index < -0.39 is 0 Å². The van der Waals surface area contributed by atoms with Gasteiger partial charge in [-0.25, -0.2) is 0 Å². The molecule has 0 aliphatic heterocycles. The van der Waals surface area contributed by atoms with Gasteiger partial charge in [-0.3, -0.25) is 9.69 Å². The van der Waals surface area contributed by atoms with Crippen molar-refractivity contribution in [3.8, 4) is 0 Å². The average Bonchev–Trinajstić information content (AvgIpc) is 3.06. The molecule has 2 heteroatoms. The quantitative estimate of drug-likeness (QED) is 0.668. The van der Waals surface area contributed by atoms with Crippen molar-refractivity contribution < 1.29 is 4.79 Å². The van der Waals surface area contributed by atoms with Gasteiger partial charge in [0.25, 0.3) is 0 Å². The summed E-state index contributed by atoms with van der Waals surface area (Å²) in [4.78, 5) is 14.6. The Morgan fingerprint density at radius 1 is 1.19 bits per heavy atom. The molecule has 0 amide bonds. The molecule has 0 N–H and O–H groups in total. The minimum atomic E-state index is 0.267. The third-order valence-corrected chi connectivity index (χ3v) is 3.91. The number of carbonyl (C=O) groups is 1. The molecule has 0 spiro atoms. The average molecular weight is 223 g/mol. The van der Waals surface area contributed by atoms with Crippen molar-refractivity contribution >= 4 is 5.78 Å². The summed E-state index contributed by atoms with van der Waals surface area (Å²) < 4.78 is 0. The molecule has 1 atom stereocenters. The van der Waals surface area contributed by atoms with E-state index in [1.807, 2.05) is 0 Å². The van der Waals surface area contributed by atoms with Crippen LogP contribution in [0.2, 0.25) is 0 Å². The zero-order chi connectivity index (χ0) is 11.4. The second-order valence-corrected chi connectivity index (χ2v) is 5.52. The van der Waals surface area contributed by atoms with Gasteiger partial charge in [-0.1, -0.05) is 19.8 Å². The number of nitrogens with zero attached hydrogens (tertiary/aromatic N) is 1. The van der Waals surface area contributed by atoms with Gasteiger partial charge in [-0.2, -0.15) is 0 Å². The van der Waals surface area contributed by atoms with Crippen LogP contribution in [-0.4, -0.2) is 29.8 Å². The lowest BCUT2D eigenvalue weighted by Gasteiger charge is -2.29. The minimum absolute atomic E-state index is 0.267. The monoisotopic (exact) mass is 223 g/mol. The van der Waals surface area contributed by atoms with Gasteiger partial charge < -0.3 is 0 Å². The van der Waals surface area contributed by atoms with Crippen LogP contribution >= 0.6 is 0 Å². The van der Waals surface area contributed by atoms with E-state index in [1.165, 1.54) is 38.6 Å². The maximum absolute atomic E-state index is 12.1. The first kappa shape index (κ1) is 12.1. The van der Waals surface area contributed by atoms with Crippen LogP contribution in [0, 0.1) is 5.92 Å². The maximum atomic E-state index is 12.1. The van der Waals surface area contributed by atoms with E-state index >= 15 is 0 Å². The van der Waals surface area contributed by atoms with Crippen molar-refractivity contribution in [1.29, 1.82) is 0 Å². The van der Waals surface area contributed by atoms with Crippen LogP contribution in [0.5, 0.6) is 0 Å². The molecular formula is C14H25NO. The normalized spacial score (nSPS) is 27.1. The summed E-state index contributed by atoms with van der Waals surface area (Å²) in [5, 5.41) is 0. The number of hydrogen-bond acceptors (Lipinski definition) is 2. The highest BCUT2D eigenvalue weighted by atomic mass is 16.1. The fourth-order valence-corrected chi connectivity index (χ4v) is 2.82. The van der Waals surface area contributed by atoms with E-state index in [0.717, 1.165) is 31.7 Å². The van der Waals surface area contributed by atoms with Crippen molar-refractivity contribution in [1.82, 2.24) is 4.90 Å². The Morgan fingerprint density at radius 3 is 2.69 bits per heavy atom. The summed E-state index contributed by atoms with van der Waals surface area (Å²) in [6, 6.07) is 0.267. The first-order valence-electron chi connectivity index (χ1n) is 7.08. The highest BCUT2D eigenvalue weighted by Crippen LogP contribution is 2.31. The summed E-state index contributed by atoms with van der Waals surface area (Å²) in [6.07, 6.45) is 9.53. The molecule has 2 rings (SSSR count). The van der Waals surface area contributed by atoms with Crippen LogP contribution in [-0.2, 0) is 4.79 Å². The molecule has 0 heterocycles. The highest BCUT2D eigenvalue weighted by molar-refractivity contribution is 5.84. The van der Waals surface area contributed by atoms with Gasteiger partial charge in [0, 0.05) is 13.0 Å². The molecule has 0 aromatic carbocycles. The molecule has 0 radical (unpaired) electrons. The van der Waals surface area contributed by atoms with Gasteiger partial charge in [0.15, 0.2) is 0 Å². The van der Waals surface area contributed by atoms with Crippen LogP contribution in [0.3, 0.4) is 0 Å². The Bertz CT molecular complexity index is 235. The lowest BCUT2D eigenvalue weighted by atomic mass is 10.0. The standard InChI is InChI=1S/C14H25NO/c1-2-10-15(11-12-8-9-12)13-6-4-3-5-7-14(13)16/h12-13H,2-11H2,1H3. The van der Waals surface area contributed by atoms with E-state index in [1.54, 1.807) is 0 Å². The second kappa shape index (κ2) is 5.81. The zero-order valence-corrected chi connectivity index (χ0v) is 10.6. The van der Waals surface area contributed by atoms with Gasteiger partial charge in [-0.15, -0.1) is 0 Å². The van der Waals surface area contributed by atoms with Crippen LogP contribution in [0.4, 0.5) is 0 Å². The Labute approximate surface area is 99.4 Å². The SMILES string of the molecule is CCCN(CC1CC1)C1CCCCCC1=O. The molecule has 0 saturated heterocycles. The van der Waals surface area contributed by atoms with Gasteiger partial charge in [-0.05, 0) is 44.6 Å². The van der Waals surface area contributed by atoms with Gasteiger partial charge in [0.05, 0.1) is 6.04 Å². The predicted octanol–water partition coefficient (Wildman–Crippen LogP) is 3.01. The zero-order valence-electron chi connectivity index (χ0n) is 10.6. The fourth-order valence-electron chi connectivity index (χ4n) is 2.82. The van der Waals surface area contributed by atoms with Crippen molar-refractivity contribution in [3.63, 3.8) is 0 Å². The molecule has 0 aromatic heterocycles. The second-order valence-electron chi connectivity index (χ2n) is 5.52. The molecule has 0 bridgehead atoms. The maximum Gasteiger partial charge on any atom is 0.149 e. The lowest BCUT2D eigenvalue weighted by Crippen LogP contribution is -2.42. The van der Waals surface area contributed by atoms with Gasteiger partial charge >= 0.3 is 0 Å². The highest BCUT2D eigenvalue weighted by Gasteiger charge is 2.31. The Balaban J connectivity index is 1.94. The van der Waals surface area contributed by atoms with E-state index in [0.29, 0.717) is 5.78 Å².